The van der Waals surface area contributed by atoms with Gasteiger partial charge in [0.25, 0.3) is 0 Å². The number of nitrogens with one attached hydrogen (secondary N) is 2. The SMILES string of the molecule is CC(C)Cc1cc(Nc2cccc(C(F)(F)F)c2)ccc1/C=N/Nc1ncc(F)c(N2CCOCC2)n1. The number of morpholine rings is 1. The zero-order chi connectivity index (χ0) is 26.4. The van der Waals surface area contributed by atoms with Gasteiger partial charge in [-0.05, 0) is 53.8 Å². The summed E-state index contributed by atoms with van der Waals surface area (Å²) < 4.78 is 58.7. The van der Waals surface area contributed by atoms with E-state index in [9.17, 15) is 17.6 Å². The molecule has 7 nitrogen and oxygen atoms in total. The second-order valence-electron chi connectivity index (χ2n) is 9.05. The predicted octanol–water partition coefficient (Wildman–Crippen LogP) is 5.86. The fraction of sp³-hybridized carbons (Fsp3) is 0.346. The number of hydrazone groups is 1. The Morgan fingerprint density at radius 1 is 1.11 bits per heavy atom. The van der Waals surface area contributed by atoms with Crippen molar-refractivity contribution in [3.63, 3.8) is 0 Å². The van der Waals surface area contributed by atoms with E-state index in [1.807, 2.05) is 12.1 Å². The lowest BCUT2D eigenvalue weighted by Crippen LogP contribution is -2.37. The highest BCUT2D eigenvalue weighted by Crippen LogP contribution is 2.31. The van der Waals surface area contributed by atoms with E-state index in [1.165, 1.54) is 6.07 Å². The van der Waals surface area contributed by atoms with Crippen LogP contribution in [-0.2, 0) is 17.3 Å². The second-order valence-corrected chi connectivity index (χ2v) is 9.05. The van der Waals surface area contributed by atoms with Crippen LogP contribution in [0.1, 0.15) is 30.5 Å². The Kier molecular flexibility index (Phi) is 8.22. The molecule has 1 aromatic heterocycles. The third kappa shape index (κ3) is 7.16. The highest BCUT2D eigenvalue weighted by atomic mass is 19.4. The smallest absolute Gasteiger partial charge is 0.378 e. The average Bonchev–Trinajstić information content (AvgIpc) is 2.86. The van der Waals surface area contributed by atoms with Gasteiger partial charge in [-0.2, -0.15) is 23.3 Å². The van der Waals surface area contributed by atoms with Crippen LogP contribution in [0.4, 0.5) is 40.7 Å². The molecule has 0 bridgehead atoms. The summed E-state index contributed by atoms with van der Waals surface area (Å²) in [4.78, 5) is 10.0. The fourth-order valence-corrected chi connectivity index (χ4v) is 3.93. The lowest BCUT2D eigenvalue weighted by Gasteiger charge is -2.27. The van der Waals surface area contributed by atoms with Gasteiger partial charge in [0.2, 0.25) is 5.95 Å². The maximum atomic E-state index is 14.3. The van der Waals surface area contributed by atoms with Gasteiger partial charge in [0.05, 0.1) is 31.2 Å². The number of ether oxygens (including phenoxy) is 1. The molecule has 11 heteroatoms. The molecule has 37 heavy (non-hydrogen) atoms. The topological polar surface area (TPSA) is 74.7 Å². The molecule has 2 aromatic carbocycles. The van der Waals surface area contributed by atoms with Crippen molar-refractivity contribution in [1.29, 1.82) is 0 Å². The van der Waals surface area contributed by atoms with Crippen molar-refractivity contribution in [2.75, 3.05) is 41.9 Å². The van der Waals surface area contributed by atoms with E-state index >= 15 is 0 Å². The van der Waals surface area contributed by atoms with Gasteiger partial charge in [0.1, 0.15) is 0 Å². The van der Waals surface area contributed by atoms with Gasteiger partial charge in [-0.15, -0.1) is 0 Å². The number of anilines is 4. The van der Waals surface area contributed by atoms with Gasteiger partial charge in [0, 0.05) is 24.5 Å². The van der Waals surface area contributed by atoms with Crippen molar-refractivity contribution in [2.24, 2.45) is 11.0 Å². The van der Waals surface area contributed by atoms with Crippen LogP contribution in [0.25, 0.3) is 0 Å². The zero-order valence-corrected chi connectivity index (χ0v) is 20.5. The van der Waals surface area contributed by atoms with E-state index < -0.39 is 17.6 Å². The molecular weight excluding hydrogens is 488 g/mol. The molecule has 196 valence electrons. The lowest BCUT2D eigenvalue weighted by molar-refractivity contribution is -0.137. The quantitative estimate of drug-likeness (QED) is 0.222. The third-order valence-electron chi connectivity index (χ3n) is 5.65. The molecule has 1 fully saturated rings. The summed E-state index contributed by atoms with van der Waals surface area (Å²) in [6, 6.07) is 10.6. The molecule has 1 aliphatic rings. The number of alkyl halides is 3. The minimum Gasteiger partial charge on any atom is -0.378 e. The first-order valence-corrected chi connectivity index (χ1v) is 11.9. The van der Waals surface area contributed by atoms with E-state index in [4.69, 9.17) is 4.74 Å². The Morgan fingerprint density at radius 3 is 2.59 bits per heavy atom. The molecule has 1 aliphatic heterocycles. The largest absolute Gasteiger partial charge is 0.416 e. The summed E-state index contributed by atoms with van der Waals surface area (Å²) in [5.74, 6) is 0.175. The van der Waals surface area contributed by atoms with Crippen LogP contribution in [0.5, 0.6) is 0 Å². The van der Waals surface area contributed by atoms with Crippen molar-refractivity contribution in [3.8, 4) is 0 Å². The number of aromatic nitrogens is 2. The monoisotopic (exact) mass is 516 g/mol. The predicted molar refractivity (Wildman–Crippen MR) is 136 cm³/mol. The van der Waals surface area contributed by atoms with E-state index in [0.717, 1.165) is 35.9 Å². The summed E-state index contributed by atoms with van der Waals surface area (Å²) in [6.45, 7) is 6.23. The van der Waals surface area contributed by atoms with Crippen LogP contribution < -0.4 is 15.6 Å². The highest BCUT2D eigenvalue weighted by Gasteiger charge is 2.30. The molecule has 0 spiro atoms. The van der Waals surface area contributed by atoms with Crippen LogP contribution in [0.3, 0.4) is 0 Å². The molecule has 0 radical (unpaired) electrons. The molecule has 0 aliphatic carbocycles. The van der Waals surface area contributed by atoms with Gasteiger partial charge < -0.3 is 15.0 Å². The Labute approximate surface area is 212 Å². The van der Waals surface area contributed by atoms with E-state index in [1.54, 1.807) is 23.2 Å². The fourth-order valence-electron chi connectivity index (χ4n) is 3.93. The zero-order valence-electron chi connectivity index (χ0n) is 20.5. The lowest BCUT2D eigenvalue weighted by atomic mass is 9.97. The molecule has 0 saturated carbocycles. The third-order valence-corrected chi connectivity index (χ3v) is 5.65. The molecular formula is C26H28F4N6O. The maximum Gasteiger partial charge on any atom is 0.416 e. The normalized spacial score (nSPS) is 14.4. The highest BCUT2D eigenvalue weighted by molar-refractivity contribution is 5.83. The first-order chi connectivity index (χ1) is 17.7. The van der Waals surface area contributed by atoms with Gasteiger partial charge in [-0.3, -0.25) is 0 Å². The molecule has 4 rings (SSSR count). The number of hydrogen-bond acceptors (Lipinski definition) is 7. The first kappa shape index (κ1) is 26.3. The Balaban J connectivity index is 1.50. The summed E-state index contributed by atoms with van der Waals surface area (Å²) >= 11 is 0. The Bertz CT molecular complexity index is 1240. The second kappa shape index (κ2) is 11.5. The van der Waals surface area contributed by atoms with Crippen molar-refractivity contribution in [3.05, 3.63) is 71.2 Å². The standard InChI is InChI=1S/C26H28F4N6O/c1-17(2)12-19-13-22(33-21-5-3-4-20(14-21)26(28,29)30)7-6-18(19)15-32-35-25-31-16-23(27)24(34-25)36-8-10-37-11-9-36/h3-7,13-17,33H,8-12H2,1-2H3,(H,31,34,35)/b32-15+. The van der Waals surface area contributed by atoms with Crippen LogP contribution in [0.2, 0.25) is 0 Å². The maximum absolute atomic E-state index is 14.3. The van der Waals surface area contributed by atoms with E-state index in [0.29, 0.717) is 43.6 Å². The number of hydrogen-bond donors (Lipinski definition) is 2. The molecule has 0 unspecified atom stereocenters. The van der Waals surface area contributed by atoms with Crippen molar-refractivity contribution >= 4 is 29.4 Å². The molecule has 2 heterocycles. The van der Waals surface area contributed by atoms with Gasteiger partial charge in [-0.25, -0.2) is 14.8 Å². The molecule has 2 N–H and O–H groups in total. The van der Waals surface area contributed by atoms with Crippen molar-refractivity contribution in [2.45, 2.75) is 26.4 Å². The van der Waals surface area contributed by atoms with E-state index in [-0.39, 0.29) is 11.8 Å². The molecule has 3 aromatic rings. The Hall–Kier alpha value is -3.73. The number of nitrogens with zero attached hydrogens (tertiary/aromatic N) is 4. The summed E-state index contributed by atoms with van der Waals surface area (Å²) in [5, 5.41) is 7.29. The number of halogens is 4. The molecule has 0 amide bonds. The summed E-state index contributed by atoms with van der Waals surface area (Å²) in [7, 11) is 0. The van der Waals surface area contributed by atoms with Gasteiger partial charge in [0.15, 0.2) is 11.6 Å². The van der Waals surface area contributed by atoms with Crippen LogP contribution in [-0.4, -0.2) is 42.5 Å². The molecule has 0 atom stereocenters. The van der Waals surface area contributed by atoms with Crippen molar-refractivity contribution in [1.82, 2.24) is 9.97 Å². The van der Waals surface area contributed by atoms with Crippen LogP contribution in [0.15, 0.2) is 53.8 Å². The minimum atomic E-state index is -4.41. The Morgan fingerprint density at radius 2 is 1.86 bits per heavy atom. The number of benzene rings is 2. The van der Waals surface area contributed by atoms with Crippen LogP contribution >= 0.6 is 0 Å². The van der Waals surface area contributed by atoms with E-state index in [2.05, 4.69) is 39.7 Å². The summed E-state index contributed by atoms with van der Waals surface area (Å²) in [5.41, 5.74) is 4.84. The summed E-state index contributed by atoms with van der Waals surface area (Å²) in [6.07, 6.45) is -0.959. The first-order valence-electron chi connectivity index (χ1n) is 11.9. The minimum absolute atomic E-state index is 0.160. The molecule has 1 saturated heterocycles. The van der Waals surface area contributed by atoms with Crippen molar-refractivity contribution < 1.29 is 22.3 Å². The van der Waals surface area contributed by atoms with Gasteiger partial charge in [-0.1, -0.05) is 26.0 Å². The van der Waals surface area contributed by atoms with Crippen LogP contribution in [0, 0.1) is 11.7 Å². The number of rotatable bonds is 8. The average molecular weight is 517 g/mol. The van der Waals surface area contributed by atoms with Gasteiger partial charge >= 0.3 is 6.18 Å².